The number of nitrogens with one attached hydrogen (secondary N) is 2. The molecule has 0 aliphatic carbocycles. The van der Waals surface area contributed by atoms with E-state index in [0.29, 0.717) is 12.8 Å². The predicted molar refractivity (Wildman–Crippen MR) is 117 cm³/mol. The van der Waals surface area contributed by atoms with Gasteiger partial charge in [0.1, 0.15) is 6.04 Å². The highest BCUT2D eigenvalue weighted by molar-refractivity contribution is 5.93. The molecule has 0 aromatic heterocycles. The Bertz CT molecular complexity index is 608. The Morgan fingerprint density at radius 3 is 1.90 bits per heavy atom. The molecule has 7 heteroatoms. The molecule has 0 bridgehead atoms. The molecule has 2 amide bonds. The molecule has 168 valence electrons. The van der Waals surface area contributed by atoms with Crippen molar-refractivity contribution in [3.05, 3.63) is 11.6 Å². The summed E-state index contributed by atoms with van der Waals surface area (Å²) in [6, 6.07) is -1.14. The van der Waals surface area contributed by atoms with Gasteiger partial charge in [-0.15, -0.1) is 0 Å². The van der Waals surface area contributed by atoms with Gasteiger partial charge >= 0.3 is 5.97 Å². The molecule has 0 saturated heterocycles. The van der Waals surface area contributed by atoms with Gasteiger partial charge in [0.25, 0.3) is 0 Å². The zero-order valence-corrected chi connectivity index (χ0v) is 19.8. The number of carboxylic acid groups (broad SMARTS) is 1. The quantitative estimate of drug-likeness (QED) is 0.480. The zero-order chi connectivity index (χ0) is 23.2. The Morgan fingerprint density at radius 2 is 1.59 bits per heavy atom. The first-order valence-electron chi connectivity index (χ1n) is 10.4. The third kappa shape index (κ3) is 6.84. The molecular weight excluding hydrogens is 370 g/mol. The zero-order valence-electron chi connectivity index (χ0n) is 19.8. The van der Waals surface area contributed by atoms with Crippen molar-refractivity contribution in [2.75, 3.05) is 14.1 Å². The molecule has 0 saturated carbocycles. The van der Waals surface area contributed by atoms with Crippen LogP contribution in [0.3, 0.4) is 0 Å². The topological polar surface area (TPSA) is 98.7 Å². The van der Waals surface area contributed by atoms with Crippen LogP contribution < -0.4 is 10.6 Å². The Hall–Kier alpha value is -1.89. The average Bonchev–Trinajstić information content (AvgIpc) is 2.63. The van der Waals surface area contributed by atoms with Crippen molar-refractivity contribution in [1.82, 2.24) is 15.5 Å². The first-order valence-corrected chi connectivity index (χ1v) is 10.4. The number of hydrogen-bond donors (Lipinski definition) is 3. The summed E-state index contributed by atoms with van der Waals surface area (Å²) in [6.45, 7) is 15.0. The van der Waals surface area contributed by atoms with Gasteiger partial charge in [-0.1, -0.05) is 54.5 Å². The third-order valence-corrected chi connectivity index (χ3v) is 5.74. The van der Waals surface area contributed by atoms with Gasteiger partial charge in [0, 0.05) is 12.6 Å². The summed E-state index contributed by atoms with van der Waals surface area (Å²) >= 11 is 0. The molecule has 0 aromatic rings. The molecule has 3 N–H and O–H groups in total. The highest BCUT2D eigenvalue weighted by atomic mass is 16.4. The normalized spacial score (nSPS) is 15.1. The monoisotopic (exact) mass is 411 g/mol. The number of hydrogen-bond acceptors (Lipinski definition) is 4. The number of carbonyl (C=O) groups excluding carboxylic acids is 2. The summed E-state index contributed by atoms with van der Waals surface area (Å²) in [4.78, 5) is 39.3. The van der Waals surface area contributed by atoms with E-state index in [1.807, 2.05) is 48.5 Å². The lowest BCUT2D eigenvalue weighted by Gasteiger charge is -2.39. The van der Waals surface area contributed by atoms with Crippen LogP contribution in [-0.2, 0) is 14.4 Å². The summed E-state index contributed by atoms with van der Waals surface area (Å²) in [7, 11) is 3.41. The van der Waals surface area contributed by atoms with E-state index >= 15 is 0 Å². The highest BCUT2D eigenvalue weighted by Gasteiger charge is 2.41. The number of nitrogens with zero attached hydrogens (tertiary/aromatic N) is 1. The molecule has 0 unspecified atom stereocenters. The molecule has 0 spiro atoms. The minimum atomic E-state index is -1.01. The fourth-order valence-electron chi connectivity index (χ4n) is 3.39. The van der Waals surface area contributed by atoms with Gasteiger partial charge in [-0.3, -0.25) is 9.59 Å². The first kappa shape index (κ1) is 27.1. The fourth-order valence-corrected chi connectivity index (χ4v) is 3.39. The van der Waals surface area contributed by atoms with E-state index < -0.39 is 29.0 Å². The molecule has 29 heavy (non-hydrogen) atoms. The second-order valence-corrected chi connectivity index (χ2v) is 9.15. The van der Waals surface area contributed by atoms with Gasteiger partial charge in [0.05, 0.1) is 11.6 Å². The van der Waals surface area contributed by atoms with Gasteiger partial charge in [-0.05, 0) is 38.1 Å². The minimum Gasteiger partial charge on any atom is -0.478 e. The second kappa shape index (κ2) is 10.8. The summed E-state index contributed by atoms with van der Waals surface area (Å²) in [6.07, 6.45) is 2.80. The maximum atomic E-state index is 13.4. The smallest absolute Gasteiger partial charge is 0.331 e. The third-order valence-electron chi connectivity index (χ3n) is 5.74. The lowest BCUT2D eigenvalue weighted by atomic mass is 9.83. The van der Waals surface area contributed by atoms with Gasteiger partial charge in [-0.2, -0.15) is 0 Å². The van der Waals surface area contributed by atoms with Crippen LogP contribution in [-0.4, -0.2) is 59.5 Å². The van der Waals surface area contributed by atoms with Crippen LogP contribution in [0.1, 0.15) is 68.2 Å². The SMILES string of the molecule is CCC(CC)(NC)C(=O)N[C@H](C(=O)N(C)[C@H](C=C(C)C(=O)O)C(C)C)C(C)(C)C. The van der Waals surface area contributed by atoms with E-state index in [4.69, 9.17) is 0 Å². The van der Waals surface area contributed by atoms with E-state index in [2.05, 4.69) is 10.6 Å². The number of carboxylic acids is 1. The lowest BCUT2D eigenvalue weighted by Crippen LogP contribution is -2.62. The van der Waals surface area contributed by atoms with Crippen LogP contribution in [0.15, 0.2) is 11.6 Å². The molecule has 0 rings (SSSR count). The van der Waals surface area contributed by atoms with E-state index in [1.54, 1.807) is 25.1 Å². The van der Waals surface area contributed by atoms with Crippen molar-refractivity contribution in [2.45, 2.75) is 85.9 Å². The molecule has 0 fully saturated rings. The van der Waals surface area contributed by atoms with Crippen molar-refractivity contribution < 1.29 is 19.5 Å². The van der Waals surface area contributed by atoms with Crippen molar-refractivity contribution in [3.8, 4) is 0 Å². The molecule has 7 nitrogen and oxygen atoms in total. The predicted octanol–water partition coefficient (Wildman–Crippen LogP) is 2.81. The molecule has 0 aromatic carbocycles. The lowest BCUT2D eigenvalue weighted by molar-refractivity contribution is -0.142. The Labute approximate surface area is 176 Å². The summed E-state index contributed by atoms with van der Waals surface area (Å²) in [5, 5.41) is 15.3. The highest BCUT2D eigenvalue weighted by Crippen LogP contribution is 2.25. The molecule has 2 atom stereocenters. The van der Waals surface area contributed by atoms with Crippen molar-refractivity contribution in [3.63, 3.8) is 0 Å². The molecule has 0 aliphatic heterocycles. The van der Waals surface area contributed by atoms with Gasteiger partial charge in [0.15, 0.2) is 0 Å². The standard InChI is InChI=1S/C22H41N3O4/c1-11-22(12-2,23-9)20(29)24-17(21(6,7)8)18(26)25(10)16(14(3)4)13-15(5)19(27)28/h13-14,16-17,23H,11-12H2,1-10H3,(H,24,29)(H,27,28)/t16-,17-/m1/s1. The minimum absolute atomic E-state index is 0.0113. The number of aliphatic carboxylic acids is 1. The maximum Gasteiger partial charge on any atom is 0.331 e. The Kier molecular flexibility index (Phi) is 10.1. The Balaban J connectivity index is 5.95. The van der Waals surface area contributed by atoms with Crippen LogP contribution in [0.4, 0.5) is 0 Å². The summed E-state index contributed by atoms with van der Waals surface area (Å²) in [5.41, 5.74) is -1.07. The fraction of sp³-hybridized carbons (Fsp3) is 0.773. The average molecular weight is 412 g/mol. The van der Waals surface area contributed by atoms with Crippen LogP contribution >= 0.6 is 0 Å². The number of carbonyl (C=O) groups is 3. The van der Waals surface area contributed by atoms with Gasteiger partial charge < -0.3 is 20.6 Å². The Morgan fingerprint density at radius 1 is 1.10 bits per heavy atom. The van der Waals surface area contributed by atoms with E-state index in [9.17, 15) is 19.5 Å². The van der Waals surface area contributed by atoms with Crippen LogP contribution in [0.25, 0.3) is 0 Å². The van der Waals surface area contributed by atoms with Crippen LogP contribution in [0.5, 0.6) is 0 Å². The van der Waals surface area contributed by atoms with Crippen LogP contribution in [0, 0.1) is 11.3 Å². The van der Waals surface area contributed by atoms with Crippen LogP contribution in [0.2, 0.25) is 0 Å². The molecule has 0 aliphatic rings. The summed E-state index contributed by atoms with van der Waals surface area (Å²) < 4.78 is 0. The number of rotatable bonds is 10. The number of likely N-dealkylation sites (N-methyl/N-ethyl adjacent to an activating group) is 2. The number of amides is 2. The largest absolute Gasteiger partial charge is 0.478 e. The van der Waals surface area contributed by atoms with Crippen molar-refractivity contribution in [1.29, 1.82) is 0 Å². The van der Waals surface area contributed by atoms with E-state index in [1.165, 1.54) is 6.92 Å². The molecule has 0 heterocycles. The summed E-state index contributed by atoms with van der Waals surface area (Å²) in [5.74, 6) is -1.44. The molecular formula is C22H41N3O4. The van der Waals surface area contributed by atoms with Crippen molar-refractivity contribution in [2.24, 2.45) is 11.3 Å². The van der Waals surface area contributed by atoms with Gasteiger partial charge in [0.2, 0.25) is 11.8 Å². The molecule has 0 radical (unpaired) electrons. The van der Waals surface area contributed by atoms with E-state index in [-0.39, 0.29) is 23.3 Å². The second-order valence-electron chi connectivity index (χ2n) is 9.15. The van der Waals surface area contributed by atoms with E-state index in [0.717, 1.165) is 0 Å². The van der Waals surface area contributed by atoms with Gasteiger partial charge in [-0.25, -0.2) is 4.79 Å². The maximum absolute atomic E-state index is 13.4. The van der Waals surface area contributed by atoms with Crippen molar-refractivity contribution >= 4 is 17.8 Å². The first-order chi connectivity index (χ1) is 13.2.